The molecule has 0 saturated heterocycles. The van der Waals surface area contributed by atoms with E-state index in [1.54, 1.807) is 0 Å². The molecule has 3 nitrogen and oxygen atoms in total. The van der Waals surface area contributed by atoms with Gasteiger partial charge < -0.3 is 14.9 Å². The lowest BCUT2D eigenvalue weighted by atomic mass is 9.75. The van der Waals surface area contributed by atoms with Crippen LogP contribution in [-0.2, 0) is 6.42 Å². The molecule has 1 heterocycles. The molecule has 0 bridgehead atoms. The van der Waals surface area contributed by atoms with Gasteiger partial charge >= 0.3 is 0 Å². The molecule has 2 aliphatic rings. The summed E-state index contributed by atoms with van der Waals surface area (Å²) in [6.45, 7) is 6.22. The predicted octanol–water partition coefficient (Wildman–Crippen LogP) is 4.97. The normalized spacial score (nSPS) is 23.3. The van der Waals surface area contributed by atoms with Gasteiger partial charge in [-0.3, -0.25) is 0 Å². The van der Waals surface area contributed by atoms with Gasteiger partial charge in [-0.2, -0.15) is 0 Å². The monoisotopic (exact) mass is 300 g/mol. The van der Waals surface area contributed by atoms with Crippen molar-refractivity contribution in [2.24, 2.45) is 5.92 Å². The summed E-state index contributed by atoms with van der Waals surface area (Å²) in [5.41, 5.74) is 1.89. The molecule has 0 aromatic heterocycles. The number of rotatable bonds is 4. The van der Waals surface area contributed by atoms with Crippen molar-refractivity contribution in [2.75, 3.05) is 0 Å². The lowest BCUT2D eigenvalue weighted by Gasteiger charge is -2.36. The first-order valence-electron chi connectivity index (χ1n) is 8.22. The maximum atomic E-state index is 10.5. The summed E-state index contributed by atoms with van der Waals surface area (Å²) in [5, 5.41) is 20.3. The molecule has 0 amide bonds. The highest BCUT2D eigenvalue weighted by Gasteiger charge is 2.37. The summed E-state index contributed by atoms with van der Waals surface area (Å²) in [6, 6.07) is 3.87. The van der Waals surface area contributed by atoms with Crippen LogP contribution in [0.3, 0.4) is 0 Å². The van der Waals surface area contributed by atoms with E-state index in [0.29, 0.717) is 17.9 Å². The average Bonchev–Trinajstić information content (AvgIpc) is 2.46. The van der Waals surface area contributed by atoms with E-state index in [0.717, 1.165) is 36.1 Å². The van der Waals surface area contributed by atoms with Gasteiger partial charge in [0.25, 0.3) is 0 Å². The smallest absolute Gasteiger partial charge is 0.134 e. The molecule has 1 aliphatic heterocycles. The van der Waals surface area contributed by atoms with Crippen LogP contribution in [-0.4, -0.2) is 10.2 Å². The second kappa shape index (κ2) is 6.07. The van der Waals surface area contributed by atoms with E-state index in [1.807, 2.05) is 18.2 Å². The van der Waals surface area contributed by atoms with Crippen LogP contribution in [0.1, 0.15) is 56.1 Å². The number of allylic oxidation sites excluding steroid dienone is 3. The number of phenolic OH excluding ortho intramolecular Hbond substituents is 1. The van der Waals surface area contributed by atoms with Gasteiger partial charge in [-0.25, -0.2) is 0 Å². The molecule has 0 fully saturated rings. The third-order valence-corrected chi connectivity index (χ3v) is 4.75. The van der Waals surface area contributed by atoms with Crippen LogP contribution in [0.4, 0.5) is 0 Å². The Bertz CT molecular complexity index is 615. The number of unbranched alkanes of at least 4 members (excludes halogenated alkanes) is 2. The number of aliphatic hydroxyl groups is 1. The Morgan fingerprint density at radius 2 is 2.09 bits per heavy atom. The lowest BCUT2D eigenvalue weighted by molar-refractivity contribution is 0.252. The Kier molecular flexibility index (Phi) is 4.14. The fourth-order valence-corrected chi connectivity index (χ4v) is 3.56. The lowest BCUT2D eigenvalue weighted by Crippen LogP contribution is -2.25. The summed E-state index contributed by atoms with van der Waals surface area (Å²) in [4.78, 5) is 0. The van der Waals surface area contributed by atoms with Gasteiger partial charge in [0.15, 0.2) is 0 Å². The van der Waals surface area contributed by atoms with Crippen LogP contribution in [0.5, 0.6) is 11.5 Å². The Labute approximate surface area is 131 Å². The van der Waals surface area contributed by atoms with Crippen LogP contribution in [0.2, 0.25) is 0 Å². The van der Waals surface area contributed by atoms with Crippen LogP contribution in [0, 0.1) is 5.92 Å². The minimum Gasteiger partial charge on any atom is -0.513 e. The second-order valence-electron chi connectivity index (χ2n) is 6.38. The van der Waals surface area contributed by atoms with E-state index in [-0.39, 0.29) is 17.6 Å². The van der Waals surface area contributed by atoms with Crippen LogP contribution < -0.4 is 4.74 Å². The Hall–Kier alpha value is -1.90. The topological polar surface area (TPSA) is 49.7 Å². The minimum absolute atomic E-state index is 0.0327. The number of hydrogen-bond donors (Lipinski definition) is 2. The summed E-state index contributed by atoms with van der Waals surface area (Å²) in [5.74, 6) is 2.22. The first kappa shape index (κ1) is 15.0. The first-order valence-corrected chi connectivity index (χ1v) is 8.22. The number of hydrogen-bond acceptors (Lipinski definition) is 3. The summed E-state index contributed by atoms with van der Waals surface area (Å²) >= 11 is 0. The van der Waals surface area contributed by atoms with Gasteiger partial charge in [0.2, 0.25) is 0 Å². The highest BCUT2D eigenvalue weighted by atomic mass is 16.5. The van der Waals surface area contributed by atoms with E-state index in [2.05, 4.69) is 13.5 Å². The van der Waals surface area contributed by atoms with Crippen molar-refractivity contribution in [1.29, 1.82) is 0 Å². The summed E-state index contributed by atoms with van der Waals surface area (Å²) < 4.78 is 5.90. The van der Waals surface area contributed by atoms with Crippen LogP contribution in [0.15, 0.2) is 36.3 Å². The minimum atomic E-state index is -0.0327. The molecule has 1 unspecified atom stereocenters. The molecule has 118 valence electrons. The van der Waals surface area contributed by atoms with Crippen molar-refractivity contribution in [3.8, 4) is 11.5 Å². The number of benzene rings is 1. The molecule has 3 rings (SSSR count). The van der Waals surface area contributed by atoms with Gasteiger partial charge in [-0.15, -0.1) is 0 Å². The molecule has 2 N–H and O–H groups in total. The van der Waals surface area contributed by atoms with Crippen LogP contribution in [0.25, 0.3) is 0 Å². The quantitative estimate of drug-likeness (QED) is 0.772. The molecule has 1 aromatic rings. The second-order valence-corrected chi connectivity index (χ2v) is 6.38. The number of aryl methyl sites for hydroxylation is 1. The molecule has 1 aliphatic carbocycles. The third kappa shape index (κ3) is 2.72. The van der Waals surface area contributed by atoms with E-state index < -0.39 is 0 Å². The van der Waals surface area contributed by atoms with E-state index in [9.17, 15) is 10.2 Å². The predicted molar refractivity (Wildman–Crippen MR) is 87.3 cm³/mol. The standard InChI is InChI=1S/C19H24O3/c1-3-4-5-6-13-9-17(21)19-16-11-14(20)7-8-15(16)12(2)22-18(19)10-13/h9-11,15-16,20-21H,2-8H2,1H3/t15-,16?/m0/s1. The number of phenols is 1. The Morgan fingerprint density at radius 3 is 2.86 bits per heavy atom. The highest BCUT2D eigenvalue weighted by Crippen LogP contribution is 2.50. The van der Waals surface area contributed by atoms with E-state index in [1.165, 1.54) is 12.8 Å². The van der Waals surface area contributed by atoms with Gasteiger partial charge in [-0.1, -0.05) is 26.3 Å². The van der Waals surface area contributed by atoms with E-state index >= 15 is 0 Å². The maximum Gasteiger partial charge on any atom is 0.134 e. The van der Waals surface area contributed by atoms with Gasteiger partial charge in [0, 0.05) is 23.8 Å². The Balaban J connectivity index is 1.95. The number of aromatic hydroxyl groups is 1. The van der Waals surface area contributed by atoms with Gasteiger partial charge in [0.05, 0.1) is 5.76 Å². The molecular weight excluding hydrogens is 276 g/mol. The average molecular weight is 300 g/mol. The molecule has 0 saturated carbocycles. The van der Waals surface area contributed by atoms with Crippen molar-refractivity contribution < 1.29 is 14.9 Å². The fraction of sp³-hybridized carbons (Fsp3) is 0.474. The molecule has 0 spiro atoms. The Morgan fingerprint density at radius 1 is 1.27 bits per heavy atom. The molecular formula is C19H24O3. The zero-order chi connectivity index (χ0) is 15.7. The fourth-order valence-electron chi connectivity index (χ4n) is 3.56. The van der Waals surface area contributed by atoms with Crippen molar-refractivity contribution in [3.05, 3.63) is 47.4 Å². The van der Waals surface area contributed by atoms with Gasteiger partial charge in [0.1, 0.15) is 17.3 Å². The number of fused-ring (bicyclic) bond motifs is 3. The van der Waals surface area contributed by atoms with Gasteiger partial charge in [-0.05, 0) is 43.0 Å². The number of ether oxygens (including phenoxy) is 1. The van der Waals surface area contributed by atoms with E-state index in [4.69, 9.17) is 4.74 Å². The molecule has 22 heavy (non-hydrogen) atoms. The summed E-state index contributed by atoms with van der Waals surface area (Å²) in [6.07, 6.45) is 7.72. The third-order valence-electron chi connectivity index (χ3n) is 4.75. The van der Waals surface area contributed by atoms with Crippen molar-refractivity contribution >= 4 is 0 Å². The highest BCUT2D eigenvalue weighted by molar-refractivity contribution is 5.54. The molecule has 1 aromatic carbocycles. The zero-order valence-corrected chi connectivity index (χ0v) is 13.1. The molecule has 0 radical (unpaired) electrons. The van der Waals surface area contributed by atoms with Crippen molar-refractivity contribution in [2.45, 2.75) is 51.4 Å². The maximum absolute atomic E-state index is 10.5. The number of aliphatic hydroxyl groups excluding tert-OH is 1. The molecule has 2 atom stereocenters. The summed E-state index contributed by atoms with van der Waals surface area (Å²) in [7, 11) is 0. The first-order chi connectivity index (χ1) is 10.6. The molecule has 3 heteroatoms. The van der Waals surface area contributed by atoms with Crippen LogP contribution >= 0.6 is 0 Å². The largest absolute Gasteiger partial charge is 0.513 e. The van der Waals surface area contributed by atoms with Crippen molar-refractivity contribution in [3.63, 3.8) is 0 Å². The SMILES string of the molecule is C=C1Oc2cc(CCCCC)cc(O)c2C2C=C(O)CC[C@@H]12. The van der Waals surface area contributed by atoms with Crippen molar-refractivity contribution in [1.82, 2.24) is 0 Å². The zero-order valence-electron chi connectivity index (χ0n) is 13.1.